The van der Waals surface area contributed by atoms with Crippen LogP contribution in [-0.4, -0.2) is 79.9 Å². The van der Waals surface area contributed by atoms with Crippen LogP contribution in [0.4, 0.5) is 4.79 Å². The molecule has 0 bridgehead atoms. The van der Waals surface area contributed by atoms with Crippen LogP contribution < -0.4 is 78.7 Å². The molecular formula is C42H41N6Na2O8P. The summed E-state index contributed by atoms with van der Waals surface area (Å²) in [4.78, 5) is 80.5. The molecule has 2 fully saturated rings. The zero-order valence-electron chi connectivity index (χ0n) is 33.4. The Morgan fingerprint density at radius 2 is 1.63 bits per heavy atom. The molecule has 2 aliphatic rings. The third kappa shape index (κ3) is 10.3. The van der Waals surface area contributed by atoms with E-state index in [9.17, 15) is 33.5 Å². The number of Topliss-reactive ketones (excluding diaryl/α,β-unsaturated/α-hetero) is 1. The standard InChI is InChI=1S/C42H43N6O8P.2Na/c1-4-21-46-27-39(50)47-37(22-29-13-19-34(20-14-29)56-57(53,54)55)41(51)45(26-38(47)48(46)42(52)43-23-30-9-6-5-7-10-30)24-33-11-8-12-35-36(25-44(3)40(33)35)32-17-15-31(16-18-32)28(2)49;;/h4-20,25,37-38H,1,21-24,26-27H2,2-3H3,(H,43,52)(H2,53,54,55);;/q;2*+1/p-2/t37-,38-;;/m0../s1. The van der Waals surface area contributed by atoms with Crippen molar-refractivity contribution < 1.29 is 97.2 Å². The maximum atomic E-state index is 14.7. The van der Waals surface area contributed by atoms with E-state index in [0.29, 0.717) is 11.1 Å². The number of aromatic nitrogens is 1. The van der Waals surface area contributed by atoms with Gasteiger partial charge >= 0.3 is 65.1 Å². The number of fused-ring (bicyclic) bond motifs is 2. The van der Waals surface area contributed by atoms with Crippen LogP contribution in [0.5, 0.6) is 5.75 Å². The number of hydrazine groups is 1. The fraction of sp³-hybridized carbons (Fsp3) is 0.238. The van der Waals surface area contributed by atoms with Gasteiger partial charge in [0, 0.05) is 55.8 Å². The summed E-state index contributed by atoms with van der Waals surface area (Å²) in [5.74, 6) is -0.890. The number of rotatable bonds is 12. The molecule has 4 amide bonds. The van der Waals surface area contributed by atoms with Gasteiger partial charge in [-0.3, -0.25) is 14.4 Å². The zero-order chi connectivity index (χ0) is 40.4. The quantitative estimate of drug-likeness (QED) is 0.0647. The molecule has 0 aliphatic carbocycles. The Balaban J connectivity index is 0.00000331. The number of phosphoric ester groups is 1. The first-order chi connectivity index (χ1) is 27.3. The number of nitrogens with one attached hydrogen (secondary N) is 1. The first kappa shape index (κ1) is 46.0. The first-order valence-corrected chi connectivity index (χ1v) is 19.8. The average Bonchev–Trinajstić information content (AvgIpc) is 3.53. The number of carbonyl (C=O) groups is 4. The maximum absolute atomic E-state index is 14.7. The zero-order valence-corrected chi connectivity index (χ0v) is 38.3. The van der Waals surface area contributed by atoms with Gasteiger partial charge in [0.05, 0.1) is 18.6 Å². The van der Waals surface area contributed by atoms with E-state index >= 15 is 0 Å². The molecule has 2 aliphatic heterocycles. The van der Waals surface area contributed by atoms with E-state index in [1.54, 1.807) is 28.1 Å². The Morgan fingerprint density at radius 1 is 0.932 bits per heavy atom. The van der Waals surface area contributed by atoms with E-state index < -0.39 is 26.1 Å². The summed E-state index contributed by atoms with van der Waals surface area (Å²) in [5.41, 5.74) is 5.68. The number of carbonyl (C=O) groups excluding carboxylic acids is 4. The predicted octanol–water partition coefficient (Wildman–Crippen LogP) is -2.00. The van der Waals surface area contributed by atoms with Crippen molar-refractivity contribution >= 4 is 42.4 Å². The molecule has 59 heavy (non-hydrogen) atoms. The molecule has 0 spiro atoms. The second-order valence-electron chi connectivity index (χ2n) is 14.1. The minimum absolute atomic E-state index is 0. The molecule has 0 unspecified atom stereocenters. The monoisotopic (exact) mass is 834 g/mol. The molecule has 2 saturated heterocycles. The summed E-state index contributed by atoms with van der Waals surface area (Å²) >= 11 is 0. The SMILES string of the molecule is C=CCN1CC(=O)N2[C@@H](Cc3ccc(OP(=O)([O-])[O-])cc3)C(=O)N(Cc3cccc4c(-c5ccc(C(C)=O)cc5)cn(C)c34)C[C@@H]2N1C(=O)NCc1ccccc1.[Na+].[Na+]. The summed E-state index contributed by atoms with van der Waals surface area (Å²) in [6.45, 7) is 5.78. The number of hydrogen-bond donors (Lipinski definition) is 1. The molecule has 1 aromatic heterocycles. The Morgan fingerprint density at radius 3 is 2.27 bits per heavy atom. The topological polar surface area (TPSA) is 171 Å². The van der Waals surface area contributed by atoms with Crippen LogP contribution in [-0.2, 0) is 40.7 Å². The van der Waals surface area contributed by atoms with E-state index in [2.05, 4.69) is 16.4 Å². The molecule has 2 atom stereocenters. The number of piperazine rings is 1. The van der Waals surface area contributed by atoms with Crippen molar-refractivity contribution in [3.8, 4) is 16.9 Å². The molecule has 294 valence electrons. The van der Waals surface area contributed by atoms with Crippen molar-refractivity contribution in [1.82, 2.24) is 29.7 Å². The fourth-order valence-corrected chi connectivity index (χ4v) is 8.12. The number of urea groups is 1. The van der Waals surface area contributed by atoms with Crippen molar-refractivity contribution in [3.63, 3.8) is 0 Å². The molecule has 14 nitrogen and oxygen atoms in total. The summed E-state index contributed by atoms with van der Waals surface area (Å²) < 4.78 is 17.7. The van der Waals surface area contributed by atoms with Gasteiger partial charge in [0.1, 0.15) is 25.8 Å². The summed E-state index contributed by atoms with van der Waals surface area (Å²) in [6.07, 6.45) is 2.75. The largest absolute Gasteiger partial charge is 1.00 e. The first-order valence-electron chi connectivity index (χ1n) is 18.4. The van der Waals surface area contributed by atoms with E-state index in [1.807, 2.05) is 78.5 Å². The average molecular weight is 835 g/mol. The number of nitrogens with zero attached hydrogens (tertiary/aromatic N) is 5. The molecule has 17 heteroatoms. The summed E-state index contributed by atoms with van der Waals surface area (Å²) in [5, 5.41) is 7.06. The number of ketones is 1. The van der Waals surface area contributed by atoms with Gasteiger partial charge in [-0.05, 0) is 41.3 Å². The van der Waals surface area contributed by atoms with Gasteiger partial charge in [-0.25, -0.2) is 14.8 Å². The van der Waals surface area contributed by atoms with Crippen LogP contribution in [0.2, 0.25) is 0 Å². The van der Waals surface area contributed by atoms with Crippen LogP contribution in [0.1, 0.15) is 34.0 Å². The van der Waals surface area contributed by atoms with Crippen LogP contribution in [0.25, 0.3) is 22.0 Å². The molecule has 7 rings (SSSR count). The van der Waals surface area contributed by atoms with E-state index in [4.69, 9.17) is 0 Å². The minimum Gasteiger partial charge on any atom is -0.780 e. The maximum Gasteiger partial charge on any atom is 1.00 e. The van der Waals surface area contributed by atoms with Crippen molar-refractivity contribution in [2.75, 3.05) is 19.6 Å². The predicted molar refractivity (Wildman–Crippen MR) is 209 cm³/mol. The molecule has 4 aromatic carbocycles. The fourth-order valence-electron chi connectivity index (χ4n) is 7.74. The van der Waals surface area contributed by atoms with Gasteiger partial charge < -0.3 is 38.6 Å². The minimum atomic E-state index is -5.30. The van der Waals surface area contributed by atoms with E-state index in [1.165, 1.54) is 41.1 Å². The van der Waals surface area contributed by atoms with Crippen LogP contribution in [0.15, 0.2) is 116 Å². The van der Waals surface area contributed by atoms with Crippen molar-refractivity contribution in [3.05, 3.63) is 138 Å². The van der Waals surface area contributed by atoms with Gasteiger partial charge in [0.25, 0.3) is 0 Å². The van der Waals surface area contributed by atoms with Crippen molar-refractivity contribution in [2.45, 2.75) is 38.6 Å². The van der Waals surface area contributed by atoms with Gasteiger partial charge in [0.2, 0.25) is 11.8 Å². The summed E-state index contributed by atoms with van der Waals surface area (Å²) in [7, 11) is -3.37. The third-order valence-corrected chi connectivity index (χ3v) is 10.7. The van der Waals surface area contributed by atoms with Crippen molar-refractivity contribution in [1.29, 1.82) is 0 Å². The van der Waals surface area contributed by atoms with Gasteiger partial charge in [-0.2, -0.15) is 0 Å². The second-order valence-corrected chi connectivity index (χ2v) is 15.2. The van der Waals surface area contributed by atoms with Crippen molar-refractivity contribution in [2.24, 2.45) is 7.05 Å². The smallest absolute Gasteiger partial charge is 0.780 e. The number of benzene rings is 4. The number of hydrogen-bond acceptors (Lipinski definition) is 9. The number of para-hydroxylation sites is 1. The second kappa shape index (κ2) is 19.6. The molecule has 0 saturated carbocycles. The number of phosphoric acid groups is 1. The normalized spacial score (nSPS) is 16.8. The molecular weight excluding hydrogens is 793 g/mol. The van der Waals surface area contributed by atoms with Gasteiger partial charge in [0.15, 0.2) is 5.78 Å². The van der Waals surface area contributed by atoms with E-state index in [-0.39, 0.29) is 122 Å². The Labute approximate surface area is 386 Å². The number of amides is 4. The Hall–Kier alpha value is -4.05. The Bertz CT molecular complexity index is 2390. The Kier molecular flexibility index (Phi) is 15.3. The van der Waals surface area contributed by atoms with Crippen LogP contribution >= 0.6 is 7.82 Å². The molecule has 1 N–H and O–H groups in total. The van der Waals surface area contributed by atoms with Crippen LogP contribution in [0, 0.1) is 0 Å². The third-order valence-electron chi connectivity index (χ3n) is 10.3. The van der Waals surface area contributed by atoms with Gasteiger partial charge in [-0.1, -0.05) is 91.0 Å². The van der Waals surface area contributed by atoms with E-state index in [0.717, 1.165) is 33.2 Å². The molecule has 0 radical (unpaired) electrons. The number of aryl methyl sites for hydroxylation is 1. The van der Waals surface area contributed by atoms with Crippen LogP contribution in [0.3, 0.4) is 0 Å². The molecule has 5 aromatic rings. The summed E-state index contributed by atoms with van der Waals surface area (Å²) in [6, 6.07) is 26.9. The van der Waals surface area contributed by atoms with Gasteiger partial charge in [-0.15, -0.1) is 6.58 Å². The molecule has 3 heterocycles.